The van der Waals surface area contributed by atoms with Gasteiger partial charge in [0.15, 0.2) is 5.78 Å². The Morgan fingerprint density at radius 1 is 0.944 bits per heavy atom. The van der Waals surface area contributed by atoms with Crippen LogP contribution in [-0.4, -0.2) is 5.78 Å². The third-order valence-corrected chi connectivity index (χ3v) is 3.59. The van der Waals surface area contributed by atoms with Crippen LogP contribution >= 0.6 is 31.9 Å². The molecule has 0 bridgehead atoms. The first-order valence-electron chi connectivity index (χ1n) is 5.13. The van der Waals surface area contributed by atoms with E-state index in [1.165, 1.54) is 0 Å². The van der Waals surface area contributed by atoms with Crippen LogP contribution in [0.15, 0.2) is 45.3 Å². The Morgan fingerprint density at radius 2 is 1.67 bits per heavy atom. The zero-order chi connectivity index (χ0) is 13.3. The molecule has 2 aromatic rings. The summed E-state index contributed by atoms with van der Waals surface area (Å²) in [5.41, 5.74) is 13.7. The number of rotatable bonds is 2. The molecular formula is C13H10Br2N2O. The maximum atomic E-state index is 12.3. The molecule has 0 saturated carbocycles. The number of carbonyl (C=O) groups is 1. The average molecular weight is 370 g/mol. The molecule has 0 atom stereocenters. The van der Waals surface area contributed by atoms with Crippen molar-refractivity contribution in [2.75, 3.05) is 11.5 Å². The highest BCUT2D eigenvalue weighted by atomic mass is 79.9. The molecule has 0 aromatic heterocycles. The molecule has 92 valence electrons. The van der Waals surface area contributed by atoms with Crippen LogP contribution in [0.1, 0.15) is 15.9 Å². The van der Waals surface area contributed by atoms with Crippen molar-refractivity contribution in [1.82, 2.24) is 0 Å². The Morgan fingerprint density at radius 3 is 2.28 bits per heavy atom. The highest BCUT2D eigenvalue weighted by molar-refractivity contribution is 9.10. The summed E-state index contributed by atoms with van der Waals surface area (Å²) in [5, 5.41) is 0. The van der Waals surface area contributed by atoms with E-state index in [0.717, 1.165) is 4.47 Å². The number of halogens is 2. The lowest BCUT2D eigenvalue weighted by Crippen LogP contribution is -2.03. The van der Waals surface area contributed by atoms with Gasteiger partial charge in [0, 0.05) is 31.4 Å². The summed E-state index contributed by atoms with van der Waals surface area (Å²) in [7, 11) is 0. The third-order valence-electron chi connectivity index (χ3n) is 2.44. The normalized spacial score (nSPS) is 10.3. The maximum Gasteiger partial charge on any atom is 0.193 e. The second kappa shape index (κ2) is 5.12. The molecule has 2 aromatic carbocycles. The molecule has 0 spiro atoms. The summed E-state index contributed by atoms with van der Waals surface area (Å²) >= 11 is 6.62. The van der Waals surface area contributed by atoms with E-state index in [1.54, 1.807) is 36.4 Å². The quantitative estimate of drug-likeness (QED) is 0.627. The zero-order valence-electron chi connectivity index (χ0n) is 9.28. The molecule has 0 radical (unpaired) electrons. The number of hydrogen-bond donors (Lipinski definition) is 2. The summed E-state index contributed by atoms with van der Waals surface area (Å²) in [6.07, 6.45) is 0. The molecule has 0 saturated heterocycles. The molecule has 0 fully saturated rings. The van der Waals surface area contributed by atoms with Crippen molar-refractivity contribution in [1.29, 1.82) is 0 Å². The van der Waals surface area contributed by atoms with Crippen LogP contribution in [-0.2, 0) is 0 Å². The number of hydrogen-bond acceptors (Lipinski definition) is 3. The van der Waals surface area contributed by atoms with Crippen molar-refractivity contribution in [2.45, 2.75) is 0 Å². The van der Waals surface area contributed by atoms with E-state index in [0.29, 0.717) is 27.0 Å². The fourth-order valence-electron chi connectivity index (χ4n) is 1.58. The van der Waals surface area contributed by atoms with Gasteiger partial charge in [0.05, 0.1) is 0 Å². The Hall–Kier alpha value is -1.33. The SMILES string of the molecule is Nc1cc(Br)cc(C(=O)c2ccc(N)c(Br)c2)c1. The topological polar surface area (TPSA) is 69.1 Å². The van der Waals surface area contributed by atoms with Gasteiger partial charge in [0.1, 0.15) is 0 Å². The maximum absolute atomic E-state index is 12.3. The second-order valence-electron chi connectivity index (χ2n) is 3.84. The van der Waals surface area contributed by atoms with Crippen molar-refractivity contribution in [3.63, 3.8) is 0 Å². The van der Waals surface area contributed by atoms with Crippen LogP contribution in [0, 0.1) is 0 Å². The van der Waals surface area contributed by atoms with Crippen molar-refractivity contribution >= 4 is 49.0 Å². The predicted molar refractivity (Wildman–Crippen MR) is 80.5 cm³/mol. The molecule has 4 N–H and O–H groups in total. The molecule has 18 heavy (non-hydrogen) atoms. The summed E-state index contributed by atoms with van der Waals surface area (Å²) in [5.74, 6) is -0.0938. The fraction of sp³-hybridized carbons (Fsp3) is 0. The minimum absolute atomic E-state index is 0.0938. The lowest BCUT2D eigenvalue weighted by molar-refractivity contribution is 0.103. The van der Waals surface area contributed by atoms with Gasteiger partial charge < -0.3 is 11.5 Å². The van der Waals surface area contributed by atoms with E-state index >= 15 is 0 Å². The number of ketones is 1. The van der Waals surface area contributed by atoms with Crippen molar-refractivity contribution in [3.8, 4) is 0 Å². The monoisotopic (exact) mass is 368 g/mol. The summed E-state index contributed by atoms with van der Waals surface area (Å²) < 4.78 is 1.48. The number of nitrogen functional groups attached to an aromatic ring is 2. The van der Waals surface area contributed by atoms with E-state index < -0.39 is 0 Å². The summed E-state index contributed by atoms with van der Waals surface area (Å²) in [6.45, 7) is 0. The van der Waals surface area contributed by atoms with Crippen molar-refractivity contribution in [3.05, 3.63) is 56.5 Å². The minimum atomic E-state index is -0.0938. The Kier molecular flexibility index (Phi) is 3.73. The number of nitrogens with two attached hydrogens (primary N) is 2. The first-order chi connectivity index (χ1) is 8.47. The van der Waals surface area contributed by atoms with Crippen LogP contribution in [0.3, 0.4) is 0 Å². The lowest BCUT2D eigenvalue weighted by atomic mass is 10.0. The van der Waals surface area contributed by atoms with Gasteiger partial charge in [-0.1, -0.05) is 15.9 Å². The first kappa shape index (κ1) is 13.1. The van der Waals surface area contributed by atoms with E-state index in [-0.39, 0.29) is 5.78 Å². The van der Waals surface area contributed by atoms with Crippen molar-refractivity contribution in [2.24, 2.45) is 0 Å². The Balaban J connectivity index is 2.44. The highest BCUT2D eigenvalue weighted by Gasteiger charge is 2.11. The summed E-state index contributed by atoms with van der Waals surface area (Å²) in [4.78, 5) is 12.3. The van der Waals surface area contributed by atoms with Crippen LogP contribution < -0.4 is 11.5 Å². The molecule has 0 aliphatic carbocycles. The number of benzene rings is 2. The van der Waals surface area contributed by atoms with Gasteiger partial charge in [-0.15, -0.1) is 0 Å². The van der Waals surface area contributed by atoms with Gasteiger partial charge in [-0.05, 0) is 52.3 Å². The lowest BCUT2D eigenvalue weighted by Gasteiger charge is -2.05. The molecule has 0 heterocycles. The Bertz CT molecular complexity index is 606. The van der Waals surface area contributed by atoms with Crippen LogP contribution in [0.25, 0.3) is 0 Å². The van der Waals surface area contributed by atoms with E-state index in [1.807, 2.05) is 0 Å². The van der Waals surface area contributed by atoms with Crippen LogP contribution in [0.4, 0.5) is 11.4 Å². The van der Waals surface area contributed by atoms with Crippen LogP contribution in [0.5, 0.6) is 0 Å². The standard InChI is InChI=1S/C13H10Br2N2O/c14-9-3-8(4-10(16)6-9)13(18)7-1-2-12(17)11(15)5-7/h1-6H,16-17H2. The highest BCUT2D eigenvalue weighted by Crippen LogP contribution is 2.24. The van der Waals surface area contributed by atoms with Gasteiger partial charge in [0.2, 0.25) is 0 Å². The van der Waals surface area contributed by atoms with Crippen LogP contribution in [0.2, 0.25) is 0 Å². The number of carbonyl (C=O) groups excluding carboxylic acids is 1. The molecule has 2 rings (SSSR count). The fourth-order valence-corrected chi connectivity index (χ4v) is 2.47. The van der Waals surface area contributed by atoms with Gasteiger partial charge in [-0.2, -0.15) is 0 Å². The molecular weight excluding hydrogens is 360 g/mol. The first-order valence-corrected chi connectivity index (χ1v) is 6.72. The van der Waals surface area contributed by atoms with E-state index in [2.05, 4.69) is 31.9 Å². The van der Waals surface area contributed by atoms with Gasteiger partial charge >= 0.3 is 0 Å². The molecule has 0 aliphatic rings. The second-order valence-corrected chi connectivity index (χ2v) is 5.61. The number of anilines is 2. The predicted octanol–water partition coefficient (Wildman–Crippen LogP) is 3.61. The molecule has 5 heteroatoms. The smallest absolute Gasteiger partial charge is 0.193 e. The van der Waals surface area contributed by atoms with E-state index in [9.17, 15) is 4.79 Å². The van der Waals surface area contributed by atoms with E-state index in [4.69, 9.17) is 11.5 Å². The Labute approximate surface area is 121 Å². The molecule has 3 nitrogen and oxygen atoms in total. The molecule has 0 unspecified atom stereocenters. The zero-order valence-corrected chi connectivity index (χ0v) is 12.5. The van der Waals surface area contributed by atoms with Gasteiger partial charge in [-0.3, -0.25) is 4.79 Å². The van der Waals surface area contributed by atoms with Gasteiger partial charge in [0.25, 0.3) is 0 Å². The molecule has 0 amide bonds. The van der Waals surface area contributed by atoms with Crippen molar-refractivity contribution < 1.29 is 4.79 Å². The molecule has 0 aliphatic heterocycles. The largest absolute Gasteiger partial charge is 0.399 e. The summed E-state index contributed by atoms with van der Waals surface area (Å²) in [6, 6.07) is 10.2. The average Bonchev–Trinajstić information content (AvgIpc) is 2.30. The third kappa shape index (κ3) is 2.73. The van der Waals surface area contributed by atoms with Gasteiger partial charge in [-0.25, -0.2) is 0 Å². The minimum Gasteiger partial charge on any atom is -0.399 e.